The van der Waals surface area contributed by atoms with E-state index in [9.17, 15) is 0 Å². The van der Waals surface area contributed by atoms with Gasteiger partial charge in [-0.15, -0.1) is 0 Å². The molecule has 116 valence electrons. The highest BCUT2D eigenvalue weighted by molar-refractivity contribution is 5.38. The van der Waals surface area contributed by atoms with E-state index < -0.39 is 0 Å². The van der Waals surface area contributed by atoms with E-state index in [0.29, 0.717) is 18.0 Å². The molecule has 1 N–H and O–H groups in total. The molecule has 1 aromatic carbocycles. The highest BCUT2D eigenvalue weighted by atomic mass is 16.5. The van der Waals surface area contributed by atoms with E-state index in [1.165, 1.54) is 37.9 Å². The monoisotopic (exact) mass is 288 g/mol. The zero-order chi connectivity index (χ0) is 14.7. The molecule has 0 radical (unpaired) electrons. The van der Waals surface area contributed by atoms with Gasteiger partial charge in [0.1, 0.15) is 5.75 Å². The van der Waals surface area contributed by atoms with Crippen LogP contribution in [-0.2, 0) is 0 Å². The summed E-state index contributed by atoms with van der Waals surface area (Å²) in [5.41, 5.74) is 1.38. The first-order valence-corrected chi connectivity index (χ1v) is 8.48. The molecule has 2 heterocycles. The molecule has 3 unspecified atom stereocenters. The average molecular weight is 288 g/mol. The van der Waals surface area contributed by atoms with E-state index in [-0.39, 0.29) is 0 Å². The van der Waals surface area contributed by atoms with Crippen molar-refractivity contribution in [2.75, 3.05) is 26.2 Å². The number of rotatable bonds is 5. The van der Waals surface area contributed by atoms with Crippen LogP contribution in [-0.4, -0.2) is 37.2 Å². The summed E-state index contributed by atoms with van der Waals surface area (Å²) >= 11 is 0. The second-order valence-electron chi connectivity index (χ2n) is 6.56. The van der Waals surface area contributed by atoms with E-state index in [0.717, 1.165) is 18.9 Å². The highest BCUT2D eigenvalue weighted by Gasteiger charge is 2.33. The molecule has 0 aliphatic carbocycles. The van der Waals surface area contributed by atoms with Crippen molar-refractivity contribution >= 4 is 0 Å². The number of benzene rings is 1. The molecule has 1 aromatic rings. The van der Waals surface area contributed by atoms with Crippen LogP contribution in [0.15, 0.2) is 24.3 Å². The van der Waals surface area contributed by atoms with Gasteiger partial charge in [0.15, 0.2) is 0 Å². The van der Waals surface area contributed by atoms with Crippen LogP contribution in [0.1, 0.15) is 44.7 Å². The molecule has 1 fully saturated rings. The maximum Gasteiger partial charge on any atom is 0.124 e. The van der Waals surface area contributed by atoms with E-state index in [1.807, 2.05) is 0 Å². The molecule has 2 aliphatic rings. The molecule has 0 saturated carbocycles. The van der Waals surface area contributed by atoms with Crippen LogP contribution in [0.2, 0.25) is 0 Å². The van der Waals surface area contributed by atoms with Gasteiger partial charge in [-0.05, 0) is 38.4 Å². The number of nitrogens with one attached hydrogen (secondary N) is 1. The first-order chi connectivity index (χ1) is 10.3. The van der Waals surface area contributed by atoms with Crippen molar-refractivity contribution in [2.24, 2.45) is 5.92 Å². The van der Waals surface area contributed by atoms with Crippen molar-refractivity contribution in [2.45, 2.75) is 45.2 Å². The topological polar surface area (TPSA) is 24.5 Å². The number of hydrogen-bond donors (Lipinski definition) is 1. The van der Waals surface area contributed by atoms with Crippen LogP contribution in [0.4, 0.5) is 0 Å². The molecular formula is C18H28N2O. The van der Waals surface area contributed by atoms with Crippen molar-refractivity contribution in [1.82, 2.24) is 10.2 Å². The van der Waals surface area contributed by atoms with Gasteiger partial charge in [-0.3, -0.25) is 4.90 Å². The van der Waals surface area contributed by atoms with Crippen LogP contribution < -0.4 is 10.1 Å². The van der Waals surface area contributed by atoms with E-state index in [2.05, 4.69) is 48.3 Å². The Hall–Kier alpha value is -1.06. The van der Waals surface area contributed by atoms with Crippen molar-refractivity contribution in [3.63, 3.8) is 0 Å². The summed E-state index contributed by atoms with van der Waals surface area (Å²) in [5, 5.41) is 3.65. The van der Waals surface area contributed by atoms with E-state index in [1.54, 1.807) is 0 Å². The Kier molecular flexibility index (Phi) is 4.81. The second-order valence-corrected chi connectivity index (χ2v) is 6.56. The standard InChI is InChI=1S/C18H28N2O/c1-3-11-20(12-15-7-6-10-19-15)18-14(2)13-21-17-9-5-4-8-16(17)18/h4-5,8-9,14-15,18-19H,3,6-7,10-13H2,1-2H3. The highest BCUT2D eigenvalue weighted by Crippen LogP contribution is 2.39. The van der Waals surface area contributed by atoms with Gasteiger partial charge in [-0.1, -0.05) is 32.0 Å². The Balaban J connectivity index is 1.82. The Morgan fingerprint density at radius 1 is 1.33 bits per heavy atom. The molecule has 21 heavy (non-hydrogen) atoms. The van der Waals surface area contributed by atoms with Crippen LogP contribution >= 0.6 is 0 Å². The Bertz CT molecular complexity index is 456. The Morgan fingerprint density at radius 2 is 2.19 bits per heavy atom. The summed E-state index contributed by atoms with van der Waals surface area (Å²) in [4.78, 5) is 2.69. The minimum Gasteiger partial charge on any atom is -0.493 e. The van der Waals surface area contributed by atoms with Gasteiger partial charge in [0.25, 0.3) is 0 Å². The Morgan fingerprint density at radius 3 is 2.95 bits per heavy atom. The van der Waals surface area contributed by atoms with Crippen LogP contribution in [0.3, 0.4) is 0 Å². The Labute approximate surface area is 128 Å². The molecule has 3 nitrogen and oxygen atoms in total. The maximum atomic E-state index is 5.92. The van der Waals surface area contributed by atoms with E-state index >= 15 is 0 Å². The third-order valence-corrected chi connectivity index (χ3v) is 4.80. The van der Waals surface area contributed by atoms with Crippen LogP contribution in [0.25, 0.3) is 0 Å². The van der Waals surface area contributed by atoms with Gasteiger partial charge in [0, 0.05) is 30.1 Å². The van der Waals surface area contributed by atoms with Crippen molar-refractivity contribution in [1.29, 1.82) is 0 Å². The van der Waals surface area contributed by atoms with E-state index in [4.69, 9.17) is 4.74 Å². The van der Waals surface area contributed by atoms with Gasteiger partial charge in [-0.2, -0.15) is 0 Å². The van der Waals surface area contributed by atoms with Crippen LogP contribution in [0, 0.1) is 5.92 Å². The molecule has 0 bridgehead atoms. The lowest BCUT2D eigenvalue weighted by atomic mass is 9.90. The van der Waals surface area contributed by atoms with Gasteiger partial charge in [0.2, 0.25) is 0 Å². The summed E-state index contributed by atoms with van der Waals surface area (Å²) in [5.74, 6) is 1.63. The minimum absolute atomic E-state index is 0.497. The molecule has 3 atom stereocenters. The fourth-order valence-electron chi connectivity index (χ4n) is 3.86. The van der Waals surface area contributed by atoms with Gasteiger partial charge < -0.3 is 10.1 Å². The molecule has 3 heteroatoms. The second kappa shape index (κ2) is 6.80. The van der Waals surface area contributed by atoms with Crippen LogP contribution in [0.5, 0.6) is 5.75 Å². The first-order valence-electron chi connectivity index (χ1n) is 8.48. The summed E-state index contributed by atoms with van der Waals surface area (Å²) in [7, 11) is 0. The number of ether oxygens (including phenoxy) is 1. The fraction of sp³-hybridized carbons (Fsp3) is 0.667. The van der Waals surface area contributed by atoms with Gasteiger partial charge in [-0.25, -0.2) is 0 Å². The minimum atomic E-state index is 0.497. The van der Waals surface area contributed by atoms with Crippen molar-refractivity contribution in [3.05, 3.63) is 29.8 Å². The third kappa shape index (κ3) is 3.24. The zero-order valence-electron chi connectivity index (χ0n) is 13.3. The lowest BCUT2D eigenvalue weighted by Gasteiger charge is -2.40. The molecule has 2 aliphatic heterocycles. The number of nitrogens with zero attached hydrogens (tertiary/aromatic N) is 1. The first kappa shape index (κ1) is 14.9. The van der Waals surface area contributed by atoms with Crippen molar-refractivity contribution in [3.8, 4) is 5.75 Å². The third-order valence-electron chi connectivity index (χ3n) is 4.80. The fourth-order valence-corrected chi connectivity index (χ4v) is 3.86. The maximum absolute atomic E-state index is 5.92. The average Bonchev–Trinajstić information content (AvgIpc) is 3.00. The predicted octanol–water partition coefficient (Wildman–Crippen LogP) is 3.22. The smallest absolute Gasteiger partial charge is 0.124 e. The van der Waals surface area contributed by atoms with Gasteiger partial charge in [0.05, 0.1) is 6.61 Å². The molecule has 3 rings (SSSR count). The summed E-state index contributed by atoms with van der Waals surface area (Å²) in [6.07, 6.45) is 3.85. The number of hydrogen-bond acceptors (Lipinski definition) is 3. The molecular weight excluding hydrogens is 260 g/mol. The normalized spacial score (nSPS) is 28.4. The molecule has 0 aromatic heterocycles. The number of para-hydroxylation sites is 1. The van der Waals surface area contributed by atoms with Crippen molar-refractivity contribution < 1.29 is 4.74 Å². The lowest BCUT2D eigenvalue weighted by Crippen LogP contribution is -2.44. The largest absolute Gasteiger partial charge is 0.493 e. The summed E-state index contributed by atoms with van der Waals surface area (Å²) < 4.78 is 5.92. The SMILES string of the molecule is CCCN(CC1CCCN1)C1c2ccccc2OCC1C. The number of fused-ring (bicyclic) bond motifs is 1. The summed E-state index contributed by atoms with van der Waals surface area (Å²) in [6, 6.07) is 9.75. The molecule has 0 amide bonds. The predicted molar refractivity (Wildman–Crippen MR) is 86.7 cm³/mol. The van der Waals surface area contributed by atoms with Gasteiger partial charge >= 0.3 is 0 Å². The molecule has 1 saturated heterocycles. The zero-order valence-corrected chi connectivity index (χ0v) is 13.3. The summed E-state index contributed by atoms with van der Waals surface area (Å²) in [6.45, 7) is 8.96. The molecule has 0 spiro atoms. The lowest BCUT2D eigenvalue weighted by molar-refractivity contribution is 0.0831. The quantitative estimate of drug-likeness (QED) is 0.900.